The van der Waals surface area contributed by atoms with Gasteiger partial charge in [0.1, 0.15) is 0 Å². The number of nitrogens with zero attached hydrogens (tertiary/aromatic N) is 1. The second kappa shape index (κ2) is 4.73. The van der Waals surface area contributed by atoms with Crippen molar-refractivity contribution in [1.29, 1.82) is 0 Å². The maximum Gasteiger partial charge on any atom is 0.0105 e. The minimum Gasteiger partial charge on any atom is -0.329 e. The van der Waals surface area contributed by atoms with Crippen LogP contribution in [0.3, 0.4) is 0 Å². The van der Waals surface area contributed by atoms with E-state index >= 15 is 0 Å². The van der Waals surface area contributed by atoms with Crippen molar-refractivity contribution in [1.82, 2.24) is 4.90 Å². The zero-order valence-electron chi connectivity index (χ0n) is 7.55. The smallest absolute Gasteiger partial charge is 0.0105 e. The molecule has 66 valence electrons. The standard InChI is InChI=1S/C9H20N2/c1-2-11(7-6-10)8-9-4-3-5-9/h9H,2-8,10H2,1H3. The first-order chi connectivity index (χ1) is 5.36. The fraction of sp³-hybridized carbons (Fsp3) is 1.00. The zero-order valence-corrected chi connectivity index (χ0v) is 7.55. The first-order valence-electron chi connectivity index (χ1n) is 4.79. The molecule has 0 atom stereocenters. The third-order valence-corrected chi connectivity index (χ3v) is 2.63. The average Bonchev–Trinajstić information content (AvgIpc) is 1.94. The summed E-state index contributed by atoms with van der Waals surface area (Å²) in [5.74, 6) is 0.987. The molecule has 0 amide bonds. The van der Waals surface area contributed by atoms with Crippen LogP contribution in [0.5, 0.6) is 0 Å². The molecule has 0 saturated heterocycles. The predicted molar refractivity (Wildman–Crippen MR) is 48.5 cm³/mol. The molecule has 0 aromatic rings. The van der Waals surface area contributed by atoms with Crippen LogP contribution in [0, 0.1) is 5.92 Å². The topological polar surface area (TPSA) is 29.3 Å². The molecule has 1 aliphatic carbocycles. The van der Waals surface area contributed by atoms with E-state index in [-0.39, 0.29) is 0 Å². The quantitative estimate of drug-likeness (QED) is 0.645. The van der Waals surface area contributed by atoms with Gasteiger partial charge in [-0.2, -0.15) is 0 Å². The van der Waals surface area contributed by atoms with Crippen LogP contribution in [0.15, 0.2) is 0 Å². The Kier molecular flexibility index (Phi) is 3.87. The van der Waals surface area contributed by atoms with Crippen molar-refractivity contribution in [2.75, 3.05) is 26.2 Å². The summed E-state index contributed by atoms with van der Waals surface area (Å²) in [5.41, 5.74) is 5.50. The Balaban J connectivity index is 2.08. The van der Waals surface area contributed by atoms with Crippen molar-refractivity contribution in [2.45, 2.75) is 26.2 Å². The van der Waals surface area contributed by atoms with Crippen LogP contribution < -0.4 is 5.73 Å². The summed E-state index contributed by atoms with van der Waals surface area (Å²) in [7, 11) is 0. The van der Waals surface area contributed by atoms with E-state index in [1.54, 1.807) is 0 Å². The van der Waals surface area contributed by atoms with Gasteiger partial charge in [0.05, 0.1) is 0 Å². The number of nitrogens with two attached hydrogens (primary N) is 1. The molecule has 1 rings (SSSR count). The minimum atomic E-state index is 0.806. The van der Waals surface area contributed by atoms with Crippen molar-refractivity contribution in [2.24, 2.45) is 11.7 Å². The molecule has 11 heavy (non-hydrogen) atoms. The van der Waals surface area contributed by atoms with Gasteiger partial charge < -0.3 is 10.6 Å². The fourth-order valence-corrected chi connectivity index (χ4v) is 1.60. The highest BCUT2D eigenvalue weighted by Crippen LogP contribution is 2.26. The summed E-state index contributed by atoms with van der Waals surface area (Å²) >= 11 is 0. The maximum absolute atomic E-state index is 5.50. The highest BCUT2D eigenvalue weighted by Gasteiger charge is 2.19. The number of rotatable bonds is 5. The lowest BCUT2D eigenvalue weighted by Crippen LogP contribution is -2.35. The lowest BCUT2D eigenvalue weighted by atomic mass is 9.85. The molecule has 0 bridgehead atoms. The molecule has 0 radical (unpaired) electrons. The summed E-state index contributed by atoms with van der Waals surface area (Å²) in [6, 6.07) is 0. The largest absolute Gasteiger partial charge is 0.329 e. The number of hydrogen-bond acceptors (Lipinski definition) is 2. The van der Waals surface area contributed by atoms with Crippen molar-refractivity contribution in [3.8, 4) is 0 Å². The summed E-state index contributed by atoms with van der Waals surface area (Å²) in [6.45, 7) is 6.54. The second-order valence-electron chi connectivity index (χ2n) is 3.48. The first kappa shape index (κ1) is 9.01. The van der Waals surface area contributed by atoms with Crippen molar-refractivity contribution in [3.63, 3.8) is 0 Å². The van der Waals surface area contributed by atoms with Crippen LogP contribution in [0.25, 0.3) is 0 Å². The minimum absolute atomic E-state index is 0.806. The molecular formula is C9H20N2. The normalized spacial score (nSPS) is 18.8. The molecule has 0 aromatic carbocycles. The summed E-state index contributed by atoms with van der Waals surface area (Å²) in [4.78, 5) is 2.46. The lowest BCUT2D eigenvalue weighted by Gasteiger charge is -2.31. The zero-order chi connectivity index (χ0) is 8.10. The van der Waals surface area contributed by atoms with E-state index in [1.807, 2.05) is 0 Å². The predicted octanol–water partition coefficient (Wildman–Crippen LogP) is 1.07. The van der Waals surface area contributed by atoms with Gasteiger partial charge in [-0.15, -0.1) is 0 Å². The molecule has 0 unspecified atom stereocenters. The van der Waals surface area contributed by atoms with Gasteiger partial charge >= 0.3 is 0 Å². The summed E-state index contributed by atoms with van der Waals surface area (Å²) in [6.07, 6.45) is 4.34. The van der Waals surface area contributed by atoms with E-state index in [9.17, 15) is 0 Å². The molecule has 0 heterocycles. The molecule has 0 aliphatic heterocycles. The van der Waals surface area contributed by atoms with Gasteiger partial charge in [-0.3, -0.25) is 0 Å². The van der Waals surface area contributed by atoms with Gasteiger partial charge in [0, 0.05) is 19.6 Å². The molecule has 2 N–H and O–H groups in total. The first-order valence-corrected chi connectivity index (χ1v) is 4.79. The summed E-state index contributed by atoms with van der Waals surface area (Å²) in [5, 5.41) is 0. The Morgan fingerprint density at radius 2 is 2.18 bits per heavy atom. The Bertz CT molecular complexity index is 99.7. The fourth-order valence-electron chi connectivity index (χ4n) is 1.60. The van der Waals surface area contributed by atoms with Gasteiger partial charge in [0.2, 0.25) is 0 Å². The molecule has 0 aromatic heterocycles. The Morgan fingerprint density at radius 1 is 1.45 bits per heavy atom. The third-order valence-electron chi connectivity index (χ3n) is 2.63. The van der Waals surface area contributed by atoms with E-state index in [1.165, 1.54) is 25.8 Å². The van der Waals surface area contributed by atoms with Crippen LogP contribution in [0.1, 0.15) is 26.2 Å². The second-order valence-corrected chi connectivity index (χ2v) is 3.48. The SMILES string of the molecule is CCN(CCN)CC1CCC1. The van der Waals surface area contributed by atoms with E-state index in [0.29, 0.717) is 0 Å². The van der Waals surface area contributed by atoms with Crippen LogP contribution >= 0.6 is 0 Å². The van der Waals surface area contributed by atoms with Gasteiger partial charge in [0.25, 0.3) is 0 Å². The van der Waals surface area contributed by atoms with Crippen LogP contribution in [-0.4, -0.2) is 31.1 Å². The van der Waals surface area contributed by atoms with Gasteiger partial charge in [-0.1, -0.05) is 13.3 Å². The van der Waals surface area contributed by atoms with E-state index < -0.39 is 0 Å². The van der Waals surface area contributed by atoms with Gasteiger partial charge in [-0.05, 0) is 25.3 Å². The van der Waals surface area contributed by atoms with Gasteiger partial charge in [-0.25, -0.2) is 0 Å². The Labute approximate surface area is 69.8 Å². The molecule has 0 spiro atoms. The molecule has 1 aliphatic rings. The molecule has 2 heteroatoms. The van der Waals surface area contributed by atoms with E-state index in [2.05, 4.69) is 11.8 Å². The summed E-state index contributed by atoms with van der Waals surface area (Å²) < 4.78 is 0. The molecule has 1 saturated carbocycles. The number of likely N-dealkylation sites (N-methyl/N-ethyl adjacent to an activating group) is 1. The maximum atomic E-state index is 5.50. The Hall–Kier alpha value is -0.0800. The van der Waals surface area contributed by atoms with Crippen molar-refractivity contribution >= 4 is 0 Å². The number of hydrogen-bond donors (Lipinski definition) is 1. The highest BCUT2D eigenvalue weighted by molar-refractivity contribution is 4.73. The third kappa shape index (κ3) is 2.80. The average molecular weight is 156 g/mol. The molecule has 2 nitrogen and oxygen atoms in total. The van der Waals surface area contributed by atoms with Crippen molar-refractivity contribution in [3.05, 3.63) is 0 Å². The molecule has 1 fully saturated rings. The highest BCUT2D eigenvalue weighted by atomic mass is 15.1. The lowest BCUT2D eigenvalue weighted by molar-refractivity contribution is 0.187. The Morgan fingerprint density at radius 3 is 2.55 bits per heavy atom. The molecular weight excluding hydrogens is 136 g/mol. The van der Waals surface area contributed by atoms with Gasteiger partial charge in [0.15, 0.2) is 0 Å². The van der Waals surface area contributed by atoms with Crippen LogP contribution in [0.2, 0.25) is 0 Å². The van der Waals surface area contributed by atoms with E-state index in [0.717, 1.165) is 25.6 Å². The van der Waals surface area contributed by atoms with Crippen LogP contribution in [-0.2, 0) is 0 Å². The van der Waals surface area contributed by atoms with Crippen LogP contribution in [0.4, 0.5) is 0 Å². The van der Waals surface area contributed by atoms with E-state index in [4.69, 9.17) is 5.73 Å². The van der Waals surface area contributed by atoms with Crippen molar-refractivity contribution < 1.29 is 0 Å². The monoisotopic (exact) mass is 156 g/mol.